The van der Waals surface area contributed by atoms with Gasteiger partial charge in [-0.1, -0.05) is 17.7 Å². The second-order valence-electron chi connectivity index (χ2n) is 6.38. The fourth-order valence-corrected chi connectivity index (χ4v) is 3.40. The van der Waals surface area contributed by atoms with Crippen LogP contribution < -0.4 is 16.0 Å². The number of anilines is 1. The number of nitrogens with zero attached hydrogens (tertiary/aromatic N) is 3. The summed E-state index contributed by atoms with van der Waals surface area (Å²) in [5, 5.41) is 8.28. The van der Waals surface area contributed by atoms with Crippen LogP contribution in [-0.4, -0.2) is 51.3 Å². The van der Waals surface area contributed by atoms with Crippen LogP contribution in [0.1, 0.15) is 15.9 Å². The highest BCUT2D eigenvalue weighted by molar-refractivity contribution is 6.31. The molecule has 1 aromatic heterocycles. The lowest BCUT2D eigenvalue weighted by molar-refractivity contribution is -0.124. The Morgan fingerprint density at radius 3 is 2.70 bits per heavy atom. The van der Waals surface area contributed by atoms with Crippen molar-refractivity contribution in [2.45, 2.75) is 12.1 Å². The van der Waals surface area contributed by atoms with E-state index in [0.29, 0.717) is 23.1 Å². The van der Waals surface area contributed by atoms with E-state index in [2.05, 4.69) is 25.9 Å². The minimum Gasteiger partial charge on any atom is -0.351 e. The van der Waals surface area contributed by atoms with Gasteiger partial charge < -0.3 is 15.5 Å². The Kier molecular flexibility index (Phi) is 4.15. The number of nitrogens with one attached hydrogen (secondary N) is 3. The topological polar surface area (TPSA) is 116 Å². The summed E-state index contributed by atoms with van der Waals surface area (Å²) in [5.74, 6) is -0.442. The molecule has 1 fully saturated rings. The number of fused-ring (bicyclic) bond motifs is 1. The third kappa shape index (κ3) is 3.17. The van der Waals surface area contributed by atoms with Gasteiger partial charge in [0.2, 0.25) is 5.95 Å². The number of urea groups is 1. The molecule has 0 radical (unpaired) electrons. The van der Waals surface area contributed by atoms with Crippen molar-refractivity contribution in [1.29, 1.82) is 0 Å². The van der Waals surface area contributed by atoms with Crippen molar-refractivity contribution in [3.05, 3.63) is 52.8 Å². The molecule has 0 bridgehead atoms. The van der Waals surface area contributed by atoms with E-state index in [1.165, 1.54) is 4.90 Å². The highest BCUT2D eigenvalue weighted by Gasteiger charge is 2.49. The first-order valence-corrected chi connectivity index (χ1v) is 8.57. The van der Waals surface area contributed by atoms with Gasteiger partial charge in [0.05, 0.1) is 13.1 Å². The van der Waals surface area contributed by atoms with Gasteiger partial charge in [-0.15, -0.1) is 0 Å². The van der Waals surface area contributed by atoms with Crippen LogP contribution in [0.4, 0.5) is 10.7 Å². The largest absolute Gasteiger partial charge is 0.351 e. The number of carbonyl (C=O) groups is 3. The molecule has 0 spiro atoms. The molecule has 1 aromatic carbocycles. The molecule has 2 aliphatic rings. The normalized spacial score (nSPS) is 21.1. The van der Waals surface area contributed by atoms with Gasteiger partial charge in [0.15, 0.2) is 5.54 Å². The first-order chi connectivity index (χ1) is 13.0. The SMILES string of the molecule is O=C1NC(=O)C(CNc2ncccn2)(CN2Cc3ccc(Cl)cc3C2=O)N1. The van der Waals surface area contributed by atoms with Gasteiger partial charge in [-0.25, -0.2) is 14.8 Å². The number of rotatable bonds is 5. The molecule has 0 aliphatic carbocycles. The fraction of sp³-hybridized carbons (Fsp3) is 0.235. The molecule has 138 valence electrons. The smallest absolute Gasteiger partial charge is 0.322 e. The second kappa shape index (κ2) is 6.51. The molecule has 2 aromatic rings. The minimum absolute atomic E-state index is 0.00443. The fourth-order valence-electron chi connectivity index (χ4n) is 3.23. The van der Waals surface area contributed by atoms with E-state index in [1.54, 1.807) is 36.7 Å². The maximum atomic E-state index is 12.7. The number of aromatic nitrogens is 2. The number of amides is 4. The zero-order valence-electron chi connectivity index (χ0n) is 14.0. The van der Waals surface area contributed by atoms with E-state index >= 15 is 0 Å². The predicted molar refractivity (Wildman–Crippen MR) is 96.1 cm³/mol. The number of imide groups is 1. The molecule has 3 heterocycles. The lowest BCUT2D eigenvalue weighted by Crippen LogP contribution is -2.59. The quantitative estimate of drug-likeness (QED) is 0.654. The van der Waals surface area contributed by atoms with Crippen LogP contribution in [0.25, 0.3) is 0 Å². The van der Waals surface area contributed by atoms with Gasteiger partial charge in [-0.2, -0.15) is 0 Å². The van der Waals surface area contributed by atoms with E-state index in [0.717, 1.165) is 5.56 Å². The average Bonchev–Trinajstić information content (AvgIpc) is 3.11. The Bertz CT molecular complexity index is 938. The second-order valence-corrected chi connectivity index (χ2v) is 6.82. The highest BCUT2D eigenvalue weighted by Crippen LogP contribution is 2.27. The van der Waals surface area contributed by atoms with Crippen molar-refractivity contribution in [1.82, 2.24) is 25.5 Å². The van der Waals surface area contributed by atoms with Crippen molar-refractivity contribution in [3.8, 4) is 0 Å². The zero-order chi connectivity index (χ0) is 19.0. The summed E-state index contributed by atoms with van der Waals surface area (Å²) in [6.07, 6.45) is 3.11. The molecular weight excluding hydrogens is 372 g/mol. The number of hydrogen-bond donors (Lipinski definition) is 3. The number of carbonyl (C=O) groups excluding carboxylic acids is 3. The Balaban J connectivity index is 1.56. The van der Waals surface area contributed by atoms with Gasteiger partial charge in [0.1, 0.15) is 0 Å². The van der Waals surface area contributed by atoms with Crippen LogP contribution in [0.5, 0.6) is 0 Å². The summed E-state index contributed by atoms with van der Waals surface area (Å²) in [4.78, 5) is 46.6. The molecule has 4 amide bonds. The molecule has 4 rings (SSSR count). The van der Waals surface area contributed by atoms with Crippen molar-refractivity contribution >= 4 is 35.4 Å². The Morgan fingerprint density at radius 1 is 1.22 bits per heavy atom. The van der Waals surface area contributed by atoms with Crippen molar-refractivity contribution in [3.63, 3.8) is 0 Å². The van der Waals surface area contributed by atoms with Gasteiger partial charge in [0, 0.05) is 29.5 Å². The lowest BCUT2D eigenvalue weighted by atomic mass is 9.99. The van der Waals surface area contributed by atoms with Gasteiger partial charge >= 0.3 is 6.03 Å². The van der Waals surface area contributed by atoms with E-state index < -0.39 is 17.5 Å². The Morgan fingerprint density at radius 2 is 2.00 bits per heavy atom. The summed E-state index contributed by atoms with van der Waals surface area (Å²) in [7, 11) is 0. The van der Waals surface area contributed by atoms with Gasteiger partial charge in [0.25, 0.3) is 11.8 Å². The summed E-state index contributed by atoms with van der Waals surface area (Å²) < 4.78 is 0. The van der Waals surface area contributed by atoms with Crippen LogP contribution in [0.3, 0.4) is 0 Å². The third-order valence-electron chi connectivity index (χ3n) is 4.54. The highest BCUT2D eigenvalue weighted by atomic mass is 35.5. The number of halogens is 1. The zero-order valence-corrected chi connectivity index (χ0v) is 14.8. The molecule has 9 nitrogen and oxygen atoms in total. The summed E-state index contributed by atoms with van der Waals surface area (Å²) in [5.41, 5.74) is -0.0111. The van der Waals surface area contributed by atoms with Crippen LogP contribution in [-0.2, 0) is 11.3 Å². The van der Waals surface area contributed by atoms with Crippen molar-refractivity contribution in [2.24, 2.45) is 0 Å². The molecule has 27 heavy (non-hydrogen) atoms. The Hall–Kier alpha value is -3.20. The lowest BCUT2D eigenvalue weighted by Gasteiger charge is -2.30. The number of benzene rings is 1. The first kappa shape index (κ1) is 17.2. The van der Waals surface area contributed by atoms with Gasteiger partial charge in [-0.3, -0.25) is 14.9 Å². The van der Waals surface area contributed by atoms with Crippen LogP contribution in [0.15, 0.2) is 36.7 Å². The average molecular weight is 387 g/mol. The Labute approximate surface area is 159 Å². The standard InChI is InChI=1S/C17H15ClN6O3/c18-11-3-2-10-7-24(13(25)12(10)6-11)9-17(14(26)22-16(27)23-17)8-21-15-19-4-1-5-20-15/h1-6H,7-9H2,(H,19,20,21)(H2,22,23,26,27). The maximum absolute atomic E-state index is 12.7. The summed E-state index contributed by atoms with van der Waals surface area (Å²) in [6.45, 7) is 0.350. The molecule has 2 aliphatic heterocycles. The van der Waals surface area contributed by atoms with Crippen LogP contribution >= 0.6 is 11.6 Å². The molecule has 1 unspecified atom stereocenters. The molecule has 1 atom stereocenters. The van der Waals surface area contributed by atoms with E-state index in [4.69, 9.17) is 11.6 Å². The van der Waals surface area contributed by atoms with E-state index in [1.807, 2.05) is 0 Å². The monoisotopic (exact) mass is 386 g/mol. The van der Waals surface area contributed by atoms with Crippen molar-refractivity contribution < 1.29 is 14.4 Å². The summed E-state index contributed by atoms with van der Waals surface area (Å²) >= 11 is 5.98. The van der Waals surface area contributed by atoms with Crippen LogP contribution in [0.2, 0.25) is 5.02 Å². The first-order valence-electron chi connectivity index (χ1n) is 8.19. The van der Waals surface area contributed by atoms with E-state index in [9.17, 15) is 14.4 Å². The molecular formula is C17H15ClN6O3. The van der Waals surface area contributed by atoms with Crippen LogP contribution in [0, 0.1) is 0 Å². The molecule has 3 N–H and O–H groups in total. The predicted octanol–water partition coefficient (Wildman–Crippen LogP) is 0.776. The third-order valence-corrected chi connectivity index (χ3v) is 4.78. The summed E-state index contributed by atoms with van der Waals surface area (Å²) in [6, 6.07) is 6.16. The minimum atomic E-state index is -1.34. The maximum Gasteiger partial charge on any atom is 0.322 e. The molecule has 10 heteroatoms. The van der Waals surface area contributed by atoms with Crippen molar-refractivity contribution in [2.75, 3.05) is 18.4 Å². The van der Waals surface area contributed by atoms with E-state index in [-0.39, 0.29) is 19.0 Å². The number of hydrogen-bond acceptors (Lipinski definition) is 6. The molecule has 1 saturated heterocycles. The molecule has 0 saturated carbocycles. The van der Waals surface area contributed by atoms with Gasteiger partial charge in [-0.05, 0) is 23.8 Å².